The van der Waals surface area contributed by atoms with Crippen LogP contribution in [0.2, 0.25) is 0 Å². The standard InChI is InChI=1S/C19H26N6O2S/c1-12-7-4-5-10-15(12)20-18(27)21-16(26)11-28-19-22-23-24-25(19)17-13(2)8-6-9-14(17)3/h6,8-9,12,15H,4-5,7,10-11H2,1-3H3,(H2,20,21,26,27). The van der Waals surface area contributed by atoms with Crippen LogP contribution >= 0.6 is 11.8 Å². The second-order valence-electron chi connectivity index (χ2n) is 7.29. The molecule has 8 nitrogen and oxygen atoms in total. The molecule has 9 heteroatoms. The molecule has 2 N–H and O–H groups in total. The van der Waals surface area contributed by atoms with Crippen LogP contribution in [-0.2, 0) is 4.79 Å². The zero-order valence-electron chi connectivity index (χ0n) is 16.4. The SMILES string of the molecule is Cc1cccc(C)c1-n1nnnc1SCC(=O)NC(=O)NC1CCCCC1C. The molecule has 1 aliphatic carbocycles. The van der Waals surface area contributed by atoms with E-state index in [0.717, 1.165) is 36.1 Å². The van der Waals surface area contributed by atoms with Gasteiger partial charge in [-0.05, 0) is 54.2 Å². The van der Waals surface area contributed by atoms with Crippen LogP contribution in [0, 0.1) is 19.8 Å². The summed E-state index contributed by atoms with van der Waals surface area (Å²) in [5, 5.41) is 17.6. The number of para-hydroxylation sites is 1. The summed E-state index contributed by atoms with van der Waals surface area (Å²) < 4.78 is 1.63. The Labute approximate surface area is 168 Å². The Bertz CT molecular complexity index is 832. The first-order chi connectivity index (χ1) is 13.5. The van der Waals surface area contributed by atoms with Crippen molar-refractivity contribution >= 4 is 23.7 Å². The summed E-state index contributed by atoms with van der Waals surface area (Å²) in [5.41, 5.74) is 2.98. The monoisotopic (exact) mass is 402 g/mol. The molecule has 3 rings (SSSR count). The lowest BCUT2D eigenvalue weighted by Gasteiger charge is -2.29. The number of nitrogens with one attached hydrogen (secondary N) is 2. The lowest BCUT2D eigenvalue weighted by molar-refractivity contribution is -0.117. The van der Waals surface area contributed by atoms with E-state index < -0.39 is 6.03 Å². The number of aryl methyl sites for hydroxylation is 2. The van der Waals surface area contributed by atoms with Gasteiger partial charge in [-0.15, -0.1) is 5.10 Å². The van der Waals surface area contributed by atoms with E-state index in [4.69, 9.17) is 0 Å². The van der Waals surface area contributed by atoms with Crippen LogP contribution in [0.3, 0.4) is 0 Å². The van der Waals surface area contributed by atoms with E-state index in [0.29, 0.717) is 11.1 Å². The van der Waals surface area contributed by atoms with Crippen molar-refractivity contribution in [2.24, 2.45) is 5.92 Å². The first-order valence-electron chi connectivity index (χ1n) is 9.54. The molecule has 3 amide bonds. The third-order valence-electron chi connectivity index (χ3n) is 5.11. The summed E-state index contributed by atoms with van der Waals surface area (Å²) in [6, 6.07) is 5.65. The van der Waals surface area contributed by atoms with Crippen molar-refractivity contribution in [3.63, 3.8) is 0 Å². The summed E-state index contributed by atoms with van der Waals surface area (Å²) in [6.07, 6.45) is 4.38. The van der Waals surface area contributed by atoms with Crippen molar-refractivity contribution in [3.05, 3.63) is 29.3 Å². The quantitative estimate of drug-likeness (QED) is 0.746. The molecule has 1 aromatic carbocycles. The third kappa shape index (κ3) is 4.89. The number of thioether (sulfide) groups is 1. The maximum Gasteiger partial charge on any atom is 0.321 e. The third-order valence-corrected chi connectivity index (χ3v) is 6.02. The Morgan fingerprint density at radius 2 is 1.93 bits per heavy atom. The van der Waals surface area contributed by atoms with Gasteiger partial charge in [0.15, 0.2) is 0 Å². The summed E-state index contributed by atoms with van der Waals surface area (Å²) in [4.78, 5) is 24.3. The van der Waals surface area contributed by atoms with Gasteiger partial charge < -0.3 is 5.32 Å². The highest BCUT2D eigenvalue weighted by Gasteiger charge is 2.23. The van der Waals surface area contributed by atoms with E-state index in [9.17, 15) is 9.59 Å². The van der Waals surface area contributed by atoms with E-state index in [2.05, 4.69) is 33.1 Å². The number of benzene rings is 1. The summed E-state index contributed by atoms with van der Waals surface area (Å²) in [6.45, 7) is 6.11. The predicted molar refractivity (Wildman–Crippen MR) is 107 cm³/mol. The molecule has 0 radical (unpaired) electrons. The van der Waals surface area contributed by atoms with Crippen molar-refractivity contribution < 1.29 is 9.59 Å². The number of rotatable bonds is 5. The number of nitrogens with zero attached hydrogens (tertiary/aromatic N) is 4. The Morgan fingerprint density at radius 1 is 1.21 bits per heavy atom. The van der Waals surface area contributed by atoms with Gasteiger partial charge in [0.2, 0.25) is 11.1 Å². The lowest BCUT2D eigenvalue weighted by Crippen LogP contribution is -2.48. The number of imide groups is 1. The van der Waals surface area contributed by atoms with Crippen molar-refractivity contribution in [1.82, 2.24) is 30.8 Å². The second-order valence-corrected chi connectivity index (χ2v) is 8.23. The Morgan fingerprint density at radius 3 is 2.64 bits per heavy atom. The van der Waals surface area contributed by atoms with Crippen LogP contribution in [0.15, 0.2) is 23.4 Å². The number of carbonyl (C=O) groups excluding carboxylic acids is 2. The van der Waals surface area contributed by atoms with Crippen LogP contribution in [0.25, 0.3) is 5.69 Å². The largest absolute Gasteiger partial charge is 0.335 e. The van der Waals surface area contributed by atoms with Crippen LogP contribution in [0.5, 0.6) is 0 Å². The van der Waals surface area contributed by atoms with Crippen LogP contribution in [-0.4, -0.2) is 43.9 Å². The minimum Gasteiger partial charge on any atom is -0.335 e. The van der Waals surface area contributed by atoms with Gasteiger partial charge in [0, 0.05) is 6.04 Å². The smallest absolute Gasteiger partial charge is 0.321 e. The number of carbonyl (C=O) groups is 2. The molecule has 1 heterocycles. The fourth-order valence-electron chi connectivity index (χ4n) is 3.58. The number of urea groups is 1. The zero-order valence-corrected chi connectivity index (χ0v) is 17.3. The number of tetrazole rings is 1. The average Bonchev–Trinajstić information content (AvgIpc) is 3.10. The van der Waals surface area contributed by atoms with Gasteiger partial charge in [0.05, 0.1) is 11.4 Å². The topological polar surface area (TPSA) is 102 Å². The van der Waals surface area contributed by atoms with E-state index in [-0.39, 0.29) is 17.7 Å². The average molecular weight is 403 g/mol. The Kier molecular flexibility index (Phi) is 6.66. The molecule has 28 heavy (non-hydrogen) atoms. The zero-order chi connectivity index (χ0) is 20.1. The van der Waals surface area contributed by atoms with Crippen LogP contribution in [0.4, 0.5) is 4.79 Å². The van der Waals surface area contributed by atoms with Crippen molar-refractivity contribution in [3.8, 4) is 5.69 Å². The highest BCUT2D eigenvalue weighted by Crippen LogP contribution is 2.24. The highest BCUT2D eigenvalue weighted by atomic mass is 32.2. The van der Waals surface area contributed by atoms with Crippen LogP contribution in [0.1, 0.15) is 43.7 Å². The van der Waals surface area contributed by atoms with Gasteiger partial charge in [-0.3, -0.25) is 10.1 Å². The molecule has 0 spiro atoms. The molecule has 1 saturated carbocycles. The number of amides is 3. The number of hydrogen-bond acceptors (Lipinski definition) is 6. The fourth-order valence-corrected chi connectivity index (χ4v) is 4.25. The van der Waals surface area contributed by atoms with Gasteiger partial charge in [0.1, 0.15) is 0 Å². The molecule has 0 bridgehead atoms. The number of aromatic nitrogens is 4. The van der Waals surface area contributed by atoms with Gasteiger partial charge in [0.25, 0.3) is 0 Å². The minimum atomic E-state index is -0.432. The molecule has 1 fully saturated rings. The summed E-state index contributed by atoms with van der Waals surface area (Å²) >= 11 is 1.20. The molecule has 0 saturated heterocycles. The first kappa shape index (κ1) is 20.3. The Hall–Kier alpha value is -2.42. The summed E-state index contributed by atoms with van der Waals surface area (Å²) in [5.74, 6) is 0.117. The van der Waals surface area contributed by atoms with Gasteiger partial charge in [-0.2, -0.15) is 4.68 Å². The molecule has 150 valence electrons. The molecule has 2 aromatic rings. The van der Waals surface area contributed by atoms with E-state index in [1.807, 2.05) is 32.0 Å². The van der Waals surface area contributed by atoms with Gasteiger partial charge >= 0.3 is 6.03 Å². The van der Waals surface area contributed by atoms with Crippen LogP contribution < -0.4 is 10.6 Å². The maximum atomic E-state index is 12.2. The minimum absolute atomic E-state index is 0.0545. The molecule has 2 unspecified atom stereocenters. The predicted octanol–water partition coefficient (Wildman–Crippen LogP) is 2.78. The fraction of sp³-hybridized carbons (Fsp3) is 0.526. The van der Waals surface area contributed by atoms with Crippen molar-refractivity contribution in [2.75, 3.05) is 5.75 Å². The second kappa shape index (κ2) is 9.18. The van der Waals surface area contributed by atoms with E-state index >= 15 is 0 Å². The molecule has 0 aliphatic heterocycles. The van der Waals surface area contributed by atoms with Gasteiger partial charge in [-0.25, -0.2) is 4.79 Å². The first-order valence-corrected chi connectivity index (χ1v) is 10.5. The molecular formula is C19H26N6O2S. The number of hydrogen-bond donors (Lipinski definition) is 2. The molecule has 1 aliphatic rings. The molecular weight excluding hydrogens is 376 g/mol. The maximum absolute atomic E-state index is 12.2. The summed E-state index contributed by atoms with van der Waals surface area (Å²) in [7, 11) is 0. The highest BCUT2D eigenvalue weighted by molar-refractivity contribution is 7.99. The molecule has 1 aromatic heterocycles. The van der Waals surface area contributed by atoms with E-state index in [1.54, 1.807) is 4.68 Å². The van der Waals surface area contributed by atoms with Gasteiger partial charge in [-0.1, -0.05) is 49.7 Å². The Balaban J connectivity index is 1.56. The lowest BCUT2D eigenvalue weighted by atomic mass is 9.86. The van der Waals surface area contributed by atoms with Crippen molar-refractivity contribution in [1.29, 1.82) is 0 Å². The van der Waals surface area contributed by atoms with E-state index in [1.165, 1.54) is 18.2 Å². The van der Waals surface area contributed by atoms with Crippen molar-refractivity contribution in [2.45, 2.75) is 57.7 Å². The molecule has 2 atom stereocenters. The normalized spacial score (nSPS) is 19.2.